The summed E-state index contributed by atoms with van der Waals surface area (Å²) in [6.45, 7) is 3.24. The molecule has 19 heavy (non-hydrogen) atoms. The minimum absolute atomic E-state index is 0. The maximum atomic E-state index is 11.1. The Kier molecular flexibility index (Phi) is 9.29. The van der Waals surface area contributed by atoms with Crippen molar-refractivity contribution in [3.8, 4) is 5.75 Å². The van der Waals surface area contributed by atoms with E-state index in [1.165, 1.54) is 14.0 Å². The molecular formula is C13H18KNO4. The fraction of sp³-hybridized carbons (Fsp3) is 0.385. The number of anilines is 1. The van der Waals surface area contributed by atoms with Crippen molar-refractivity contribution in [3.63, 3.8) is 0 Å². The van der Waals surface area contributed by atoms with Crippen LogP contribution in [0.5, 0.6) is 5.75 Å². The van der Waals surface area contributed by atoms with Crippen molar-refractivity contribution in [2.75, 3.05) is 12.4 Å². The first-order chi connectivity index (χ1) is 8.51. The Bertz CT molecular complexity index is 419. The number of benzene rings is 1. The number of carbonyl (C=O) groups excluding carboxylic acids is 2. The molecule has 0 heterocycles. The van der Waals surface area contributed by atoms with Crippen molar-refractivity contribution in [1.82, 2.24) is 0 Å². The van der Waals surface area contributed by atoms with Gasteiger partial charge in [0.05, 0.1) is 13.5 Å². The first kappa shape index (κ1) is 18.6. The van der Waals surface area contributed by atoms with Crippen molar-refractivity contribution in [3.05, 3.63) is 24.3 Å². The van der Waals surface area contributed by atoms with Crippen molar-refractivity contribution >= 4 is 69.0 Å². The summed E-state index contributed by atoms with van der Waals surface area (Å²) in [5.41, 5.74) is 0.849. The molecule has 0 unspecified atom stereocenters. The van der Waals surface area contributed by atoms with E-state index in [-0.39, 0.29) is 69.4 Å². The molecule has 0 saturated heterocycles. The molecular weight excluding hydrogens is 273 g/mol. The van der Waals surface area contributed by atoms with Gasteiger partial charge in [-0.1, -0.05) is 0 Å². The third-order valence-corrected chi connectivity index (χ3v) is 2.23. The SMILES string of the molecule is COC(=O)C[C@@H](C)Nc1ccc(OC(C)=O)cc1.[KH]. The molecule has 6 heteroatoms. The summed E-state index contributed by atoms with van der Waals surface area (Å²) in [5.74, 6) is -0.116. The van der Waals surface area contributed by atoms with Crippen molar-refractivity contribution in [2.45, 2.75) is 26.3 Å². The molecule has 0 fully saturated rings. The van der Waals surface area contributed by atoms with E-state index in [1.807, 2.05) is 6.92 Å². The summed E-state index contributed by atoms with van der Waals surface area (Å²) in [7, 11) is 1.36. The van der Waals surface area contributed by atoms with E-state index >= 15 is 0 Å². The van der Waals surface area contributed by atoms with Crippen molar-refractivity contribution in [1.29, 1.82) is 0 Å². The van der Waals surface area contributed by atoms with Crippen LogP contribution in [-0.2, 0) is 14.3 Å². The Labute approximate surface area is 155 Å². The van der Waals surface area contributed by atoms with Crippen LogP contribution in [0.1, 0.15) is 20.3 Å². The number of esters is 2. The van der Waals surface area contributed by atoms with Crippen LogP contribution in [0.2, 0.25) is 0 Å². The molecule has 1 N–H and O–H groups in total. The number of carbonyl (C=O) groups is 2. The Morgan fingerprint density at radius 2 is 1.84 bits per heavy atom. The summed E-state index contributed by atoms with van der Waals surface area (Å²) in [6, 6.07) is 6.92. The van der Waals surface area contributed by atoms with Crippen molar-refractivity contribution < 1.29 is 19.1 Å². The molecule has 0 saturated carbocycles. The van der Waals surface area contributed by atoms with Gasteiger partial charge in [0.1, 0.15) is 5.75 Å². The molecule has 0 aliphatic heterocycles. The van der Waals surface area contributed by atoms with E-state index in [0.29, 0.717) is 12.2 Å². The summed E-state index contributed by atoms with van der Waals surface area (Å²) in [4.78, 5) is 21.8. The van der Waals surface area contributed by atoms with E-state index in [9.17, 15) is 9.59 Å². The molecule has 0 amide bonds. The molecule has 100 valence electrons. The number of hydrogen-bond acceptors (Lipinski definition) is 5. The third-order valence-electron chi connectivity index (χ3n) is 2.23. The van der Waals surface area contributed by atoms with Crippen LogP contribution in [0.25, 0.3) is 0 Å². The fourth-order valence-electron chi connectivity index (χ4n) is 1.45. The minimum atomic E-state index is -0.352. The van der Waals surface area contributed by atoms with E-state index in [1.54, 1.807) is 24.3 Å². The third kappa shape index (κ3) is 7.69. The van der Waals surface area contributed by atoms with E-state index < -0.39 is 0 Å². The van der Waals surface area contributed by atoms with Crippen LogP contribution in [0.15, 0.2) is 24.3 Å². The van der Waals surface area contributed by atoms with Crippen LogP contribution in [0, 0.1) is 0 Å². The first-order valence-corrected chi connectivity index (χ1v) is 5.63. The second kappa shape index (κ2) is 9.49. The standard InChI is InChI=1S/C13H17NO4.K.H/c1-9(8-13(16)17-3)14-11-4-6-12(7-5-11)18-10(2)15;;/h4-7,9,14H,8H2,1-3H3;;/t9-;;/m1../s1. The van der Waals surface area contributed by atoms with Crippen molar-refractivity contribution in [2.24, 2.45) is 0 Å². The van der Waals surface area contributed by atoms with Crippen LogP contribution >= 0.6 is 0 Å². The average molecular weight is 291 g/mol. The molecule has 1 aromatic carbocycles. The van der Waals surface area contributed by atoms with Crippen LogP contribution in [0.3, 0.4) is 0 Å². The molecule has 0 bridgehead atoms. The molecule has 1 rings (SSSR count). The van der Waals surface area contributed by atoms with Gasteiger partial charge in [0.25, 0.3) is 0 Å². The number of nitrogens with one attached hydrogen (secondary N) is 1. The van der Waals surface area contributed by atoms with E-state index in [4.69, 9.17) is 4.74 Å². The van der Waals surface area contributed by atoms with Crippen LogP contribution < -0.4 is 10.1 Å². The quantitative estimate of drug-likeness (QED) is 0.504. The van der Waals surface area contributed by atoms with Gasteiger partial charge >= 0.3 is 63.3 Å². The average Bonchev–Trinajstić information content (AvgIpc) is 2.30. The van der Waals surface area contributed by atoms with Gasteiger partial charge in [0.2, 0.25) is 0 Å². The van der Waals surface area contributed by atoms with Crippen LogP contribution in [-0.4, -0.2) is 76.5 Å². The zero-order chi connectivity index (χ0) is 13.5. The van der Waals surface area contributed by atoms with E-state index in [2.05, 4.69) is 10.1 Å². The zero-order valence-electron chi connectivity index (χ0n) is 10.7. The second-order valence-corrected chi connectivity index (χ2v) is 3.94. The molecule has 0 aromatic heterocycles. The summed E-state index contributed by atoms with van der Waals surface area (Å²) in [6.07, 6.45) is 0.294. The summed E-state index contributed by atoms with van der Waals surface area (Å²) >= 11 is 0. The molecule has 0 aliphatic carbocycles. The molecule has 0 aliphatic rings. The summed E-state index contributed by atoms with van der Waals surface area (Å²) < 4.78 is 9.50. The van der Waals surface area contributed by atoms with Gasteiger partial charge in [0.15, 0.2) is 0 Å². The monoisotopic (exact) mass is 291 g/mol. The molecule has 5 nitrogen and oxygen atoms in total. The van der Waals surface area contributed by atoms with Gasteiger partial charge in [-0.15, -0.1) is 0 Å². The molecule has 1 atom stereocenters. The Morgan fingerprint density at radius 3 is 2.32 bits per heavy atom. The summed E-state index contributed by atoms with van der Waals surface area (Å²) in [5, 5.41) is 3.15. The first-order valence-electron chi connectivity index (χ1n) is 5.63. The van der Waals surface area contributed by atoms with Gasteiger partial charge in [0, 0.05) is 18.7 Å². The normalized spacial score (nSPS) is 10.9. The van der Waals surface area contributed by atoms with E-state index in [0.717, 1.165) is 5.69 Å². The number of rotatable bonds is 5. The zero-order valence-corrected chi connectivity index (χ0v) is 10.7. The van der Waals surface area contributed by atoms with Gasteiger partial charge in [-0.25, -0.2) is 0 Å². The number of ether oxygens (including phenoxy) is 2. The predicted molar refractivity (Wildman–Crippen MR) is 74.6 cm³/mol. The van der Waals surface area contributed by atoms with Gasteiger partial charge < -0.3 is 14.8 Å². The van der Waals surface area contributed by atoms with Gasteiger partial charge in [-0.3, -0.25) is 9.59 Å². The van der Waals surface area contributed by atoms with Crippen LogP contribution in [0.4, 0.5) is 5.69 Å². The molecule has 0 spiro atoms. The Hall–Kier alpha value is -0.404. The molecule has 1 aromatic rings. The maximum absolute atomic E-state index is 11.1. The van der Waals surface area contributed by atoms with Gasteiger partial charge in [-0.2, -0.15) is 0 Å². The number of hydrogen-bond donors (Lipinski definition) is 1. The topological polar surface area (TPSA) is 64.6 Å². The molecule has 0 radical (unpaired) electrons. The second-order valence-electron chi connectivity index (χ2n) is 3.94. The Morgan fingerprint density at radius 1 is 1.26 bits per heavy atom. The number of methoxy groups -OCH3 is 1. The van der Waals surface area contributed by atoms with Gasteiger partial charge in [-0.05, 0) is 31.2 Å². The predicted octanol–water partition coefficient (Wildman–Crippen LogP) is 1.33. The fourth-order valence-corrected chi connectivity index (χ4v) is 1.45. The Balaban J connectivity index is 0.00000324.